The summed E-state index contributed by atoms with van der Waals surface area (Å²) in [6.07, 6.45) is 1.60. The Morgan fingerprint density at radius 2 is 1.95 bits per heavy atom. The molecule has 2 aromatic carbocycles. The van der Waals surface area contributed by atoms with Gasteiger partial charge in [-0.2, -0.15) is 0 Å². The minimum absolute atomic E-state index is 0.00580. The molecular weight excluding hydrogens is 542 g/mol. The topological polar surface area (TPSA) is 117 Å². The molecule has 198 valence electrons. The van der Waals surface area contributed by atoms with Crippen molar-refractivity contribution in [3.8, 4) is 11.3 Å². The van der Waals surface area contributed by atoms with Gasteiger partial charge in [-0.15, -0.1) is 0 Å². The number of nitro benzene ring substituents is 1. The van der Waals surface area contributed by atoms with Crippen LogP contribution < -0.4 is 14.9 Å². The maximum absolute atomic E-state index is 13.7. The highest BCUT2D eigenvalue weighted by atomic mass is 35.5. The van der Waals surface area contributed by atoms with E-state index in [1.165, 1.54) is 22.0 Å². The number of carbonyl (C=O) groups is 1. The van der Waals surface area contributed by atoms with Gasteiger partial charge in [0.05, 0.1) is 33.4 Å². The van der Waals surface area contributed by atoms with E-state index in [0.29, 0.717) is 48.3 Å². The first-order valence-corrected chi connectivity index (χ1v) is 13.2. The molecule has 0 amide bonds. The lowest BCUT2D eigenvalue weighted by molar-refractivity contribution is -0.385. The minimum Gasteiger partial charge on any atom is -0.463 e. The standard InChI is InChI=1S/C28H22ClN3O6S/c1-4-37-27(34)24-16(3)30-28-31(25(24)17-7-9-19(29)10-8-17)26(33)23(39-28)14-20-11-12-22(38-20)18-6-5-15(2)21(13-18)32(35)36/h5-14,25H,4H2,1-3H3/b23-14-. The second-order valence-electron chi connectivity index (χ2n) is 8.81. The van der Waals surface area contributed by atoms with Gasteiger partial charge in [-0.25, -0.2) is 9.79 Å². The predicted octanol–water partition coefficient (Wildman–Crippen LogP) is 4.93. The zero-order valence-corrected chi connectivity index (χ0v) is 22.7. The van der Waals surface area contributed by atoms with Crippen molar-refractivity contribution in [2.24, 2.45) is 4.99 Å². The van der Waals surface area contributed by atoms with Gasteiger partial charge in [0.15, 0.2) is 4.80 Å². The summed E-state index contributed by atoms with van der Waals surface area (Å²) in [4.78, 5) is 42.5. The molecule has 9 nitrogen and oxygen atoms in total. The second kappa shape index (κ2) is 10.5. The summed E-state index contributed by atoms with van der Waals surface area (Å²) in [6.45, 7) is 5.28. The predicted molar refractivity (Wildman–Crippen MR) is 147 cm³/mol. The molecule has 1 aliphatic heterocycles. The molecule has 0 aliphatic carbocycles. The molecule has 1 atom stereocenters. The molecule has 0 bridgehead atoms. The first kappa shape index (κ1) is 26.3. The third kappa shape index (κ3) is 4.96. The number of esters is 1. The van der Waals surface area contributed by atoms with Crippen molar-refractivity contribution in [2.75, 3.05) is 6.61 Å². The lowest BCUT2D eigenvalue weighted by atomic mass is 9.96. The van der Waals surface area contributed by atoms with Crippen LogP contribution in [0.4, 0.5) is 5.69 Å². The van der Waals surface area contributed by atoms with Crippen molar-refractivity contribution in [3.63, 3.8) is 0 Å². The summed E-state index contributed by atoms with van der Waals surface area (Å²) < 4.78 is 13.0. The summed E-state index contributed by atoms with van der Waals surface area (Å²) >= 11 is 7.26. The van der Waals surface area contributed by atoms with Gasteiger partial charge in [0.2, 0.25) is 0 Å². The number of carbonyl (C=O) groups excluding carboxylic acids is 1. The number of nitro groups is 1. The Bertz CT molecular complexity index is 1830. The molecule has 5 rings (SSSR count). The molecule has 4 aromatic rings. The number of halogens is 1. The molecule has 0 fully saturated rings. The summed E-state index contributed by atoms with van der Waals surface area (Å²) in [7, 11) is 0. The number of thiazole rings is 1. The number of aryl methyl sites for hydroxylation is 1. The molecular formula is C28H22ClN3O6S. The number of benzene rings is 2. The maximum Gasteiger partial charge on any atom is 0.338 e. The first-order valence-electron chi connectivity index (χ1n) is 12.0. The van der Waals surface area contributed by atoms with E-state index in [-0.39, 0.29) is 23.4 Å². The van der Waals surface area contributed by atoms with Gasteiger partial charge in [0.1, 0.15) is 11.5 Å². The number of aromatic nitrogens is 1. The quantitative estimate of drug-likeness (QED) is 0.186. The average Bonchev–Trinajstić information content (AvgIpc) is 3.48. The Hall–Kier alpha value is -4.28. The van der Waals surface area contributed by atoms with Crippen molar-refractivity contribution in [3.05, 3.63) is 118 Å². The number of hydrogen-bond donors (Lipinski definition) is 0. The van der Waals surface area contributed by atoms with Crippen LogP contribution in [0.3, 0.4) is 0 Å². The smallest absolute Gasteiger partial charge is 0.338 e. The fraction of sp³-hybridized carbons (Fsp3) is 0.179. The zero-order chi connectivity index (χ0) is 27.8. The third-order valence-corrected chi connectivity index (χ3v) is 7.53. The molecule has 0 radical (unpaired) electrons. The Labute approximate surface area is 231 Å². The fourth-order valence-corrected chi connectivity index (χ4v) is 5.58. The van der Waals surface area contributed by atoms with Crippen molar-refractivity contribution in [2.45, 2.75) is 26.8 Å². The van der Waals surface area contributed by atoms with Crippen LogP contribution in [0.1, 0.15) is 36.8 Å². The molecule has 0 spiro atoms. The lowest BCUT2D eigenvalue weighted by Crippen LogP contribution is -2.39. The number of rotatable bonds is 6. The van der Waals surface area contributed by atoms with E-state index in [1.54, 1.807) is 75.4 Å². The first-order chi connectivity index (χ1) is 18.7. The van der Waals surface area contributed by atoms with Gasteiger partial charge < -0.3 is 9.15 Å². The number of hydrogen-bond acceptors (Lipinski definition) is 8. The van der Waals surface area contributed by atoms with Gasteiger partial charge >= 0.3 is 5.97 Å². The van der Waals surface area contributed by atoms with Crippen molar-refractivity contribution in [1.29, 1.82) is 0 Å². The average molecular weight is 564 g/mol. The maximum atomic E-state index is 13.7. The third-order valence-electron chi connectivity index (χ3n) is 6.29. The van der Waals surface area contributed by atoms with E-state index >= 15 is 0 Å². The Balaban J connectivity index is 1.61. The molecule has 0 saturated carbocycles. The van der Waals surface area contributed by atoms with Crippen molar-refractivity contribution in [1.82, 2.24) is 4.57 Å². The van der Waals surface area contributed by atoms with Crippen molar-refractivity contribution >= 4 is 40.7 Å². The summed E-state index contributed by atoms with van der Waals surface area (Å²) in [5, 5.41) is 11.9. The van der Waals surface area contributed by atoms with Crippen LogP contribution in [0.15, 0.2) is 80.1 Å². The molecule has 11 heteroatoms. The molecule has 1 unspecified atom stereocenters. The second-order valence-corrected chi connectivity index (χ2v) is 10.3. The van der Waals surface area contributed by atoms with Crippen LogP contribution in [0.25, 0.3) is 17.4 Å². The van der Waals surface area contributed by atoms with Gasteiger partial charge in [-0.1, -0.05) is 47.2 Å². The molecule has 39 heavy (non-hydrogen) atoms. The van der Waals surface area contributed by atoms with E-state index in [0.717, 1.165) is 0 Å². The van der Waals surface area contributed by atoms with Gasteiger partial charge in [-0.05, 0) is 50.6 Å². The number of nitrogens with zero attached hydrogens (tertiary/aromatic N) is 3. The summed E-state index contributed by atoms with van der Waals surface area (Å²) in [5.74, 6) is 0.273. The number of allylic oxidation sites excluding steroid dienone is 1. The molecule has 0 saturated heterocycles. The largest absolute Gasteiger partial charge is 0.463 e. The summed E-state index contributed by atoms with van der Waals surface area (Å²) in [6, 6.07) is 14.4. The minimum atomic E-state index is -0.750. The van der Waals surface area contributed by atoms with E-state index in [4.69, 9.17) is 20.8 Å². The van der Waals surface area contributed by atoms with E-state index in [2.05, 4.69) is 4.99 Å². The van der Waals surface area contributed by atoms with E-state index in [1.807, 2.05) is 0 Å². The van der Waals surface area contributed by atoms with E-state index in [9.17, 15) is 19.7 Å². The van der Waals surface area contributed by atoms with Gasteiger partial charge in [0, 0.05) is 28.3 Å². The normalized spacial score (nSPS) is 15.2. The molecule has 1 aliphatic rings. The monoisotopic (exact) mass is 563 g/mol. The van der Waals surface area contributed by atoms with Crippen LogP contribution in [0.2, 0.25) is 5.02 Å². The van der Waals surface area contributed by atoms with Crippen LogP contribution in [0, 0.1) is 17.0 Å². The Morgan fingerprint density at radius 3 is 2.64 bits per heavy atom. The summed E-state index contributed by atoms with van der Waals surface area (Å²) in [5.41, 5.74) is 2.16. The number of fused-ring (bicyclic) bond motifs is 1. The van der Waals surface area contributed by atoms with Crippen LogP contribution in [-0.2, 0) is 9.53 Å². The van der Waals surface area contributed by atoms with Gasteiger partial charge in [-0.3, -0.25) is 19.5 Å². The van der Waals surface area contributed by atoms with Crippen LogP contribution in [-0.4, -0.2) is 22.1 Å². The molecule has 2 aromatic heterocycles. The number of ether oxygens (including phenoxy) is 1. The molecule has 0 N–H and O–H groups in total. The van der Waals surface area contributed by atoms with E-state index < -0.39 is 16.9 Å². The highest BCUT2D eigenvalue weighted by molar-refractivity contribution is 7.07. The highest BCUT2D eigenvalue weighted by Crippen LogP contribution is 2.32. The molecule has 3 heterocycles. The Kier molecular flexibility index (Phi) is 7.07. The van der Waals surface area contributed by atoms with Crippen LogP contribution >= 0.6 is 22.9 Å². The fourth-order valence-electron chi connectivity index (χ4n) is 4.43. The van der Waals surface area contributed by atoms with Crippen LogP contribution in [0.5, 0.6) is 0 Å². The Morgan fingerprint density at radius 1 is 1.21 bits per heavy atom. The zero-order valence-electron chi connectivity index (χ0n) is 21.1. The lowest BCUT2D eigenvalue weighted by Gasteiger charge is -2.24. The number of furan rings is 1. The van der Waals surface area contributed by atoms with Gasteiger partial charge in [0.25, 0.3) is 11.2 Å². The SMILES string of the molecule is CCOC(=O)C1=C(C)N=c2s/c(=C\c3ccc(-c4ccc(C)c([N+](=O)[O-])c4)o3)c(=O)n2C1c1ccc(Cl)cc1. The van der Waals surface area contributed by atoms with Crippen molar-refractivity contribution < 1.29 is 18.9 Å². The highest BCUT2D eigenvalue weighted by Gasteiger charge is 2.33.